The number of sulfonamides is 1. The van der Waals surface area contributed by atoms with Crippen molar-refractivity contribution in [2.24, 2.45) is 11.1 Å². The minimum absolute atomic E-state index is 0.110. The lowest BCUT2D eigenvalue weighted by atomic mass is 10.3. The number of nitrogens with one attached hydrogen (secondary N) is 1. The van der Waals surface area contributed by atoms with Crippen LogP contribution in [0, 0.1) is 5.92 Å². The molecule has 1 aromatic carbocycles. The van der Waals surface area contributed by atoms with Crippen LogP contribution in [0.2, 0.25) is 0 Å². The van der Waals surface area contributed by atoms with Crippen LogP contribution in [0.4, 0.5) is 5.69 Å². The molecule has 1 amide bonds. The molecule has 2 aromatic rings. The normalized spacial score (nSPS) is 19.5. The van der Waals surface area contributed by atoms with Gasteiger partial charge in [-0.1, -0.05) is 6.92 Å². The zero-order valence-electron chi connectivity index (χ0n) is 14.4. The topological polar surface area (TPSA) is 112 Å². The quantitative estimate of drug-likeness (QED) is 0.753. The van der Waals surface area contributed by atoms with Gasteiger partial charge in [-0.3, -0.25) is 4.79 Å². The van der Waals surface area contributed by atoms with Crippen LogP contribution in [0.25, 0.3) is 6.08 Å². The molecular formula is C18H20N2O5S. The Bertz CT molecular complexity index is 962. The monoisotopic (exact) mass is 376 g/mol. The Labute approximate surface area is 151 Å². The SMILES string of the molecule is COc1ccc(NC(=O)/C=C/c2ccc(C3CC3C)o2)cc1S(N)(=O)=O. The molecule has 1 fully saturated rings. The molecule has 1 aliphatic carbocycles. The highest BCUT2D eigenvalue weighted by molar-refractivity contribution is 7.89. The second-order valence-corrected chi connectivity index (χ2v) is 7.82. The second-order valence-electron chi connectivity index (χ2n) is 6.29. The van der Waals surface area contributed by atoms with Gasteiger partial charge in [-0.05, 0) is 48.7 Å². The van der Waals surface area contributed by atoms with Crippen LogP contribution in [0.5, 0.6) is 5.75 Å². The first-order chi connectivity index (χ1) is 12.3. The number of methoxy groups -OCH3 is 1. The van der Waals surface area contributed by atoms with E-state index in [1.165, 1.54) is 31.4 Å². The van der Waals surface area contributed by atoms with Crippen molar-refractivity contribution in [1.82, 2.24) is 0 Å². The van der Waals surface area contributed by atoms with Crippen LogP contribution in [0.1, 0.15) is 30.8 Å². The standard InChI is InChI=1S/C18H20N2O5S/c1-11-9-14(11)15-7-4-13(25-15)5-8-18(21)20-12-3-6-16(24-2)17(10-12)26(19,22)23/h3-8,10-11,14H,9H2,1-2H3,(H,20,21)(H2,19,22,23)/b8-5+. The largest absolute Gasteiger partial charge is 0.495 e. The average Bonchev–Trinajstić information content (AvgIpc) is 3.13. The Kier molecular flexibility index (Phi) is 4.88. The summed E-state index contributed by atoms with van der Waals surface area (Å²) in [6, 6.07) is 7.94. The van der Waals surface area contributed by atoms with E-state index in [4.69, 9.17) is 14.3 Å². The third kappa shape index (κ3) is 4.14. The second kappa shape index (κ2) is 6.97. The predicted molar refractivity (Wildman–Crippen MR) is 97.3 cm³/mol. The summed E-state index contributed by atoms with van der Waals surface area (Å²) in [6.45, 7) is 2.17. The lowest BCUT2D eigenvalue weighted by Gasteiger charge is -2.09. The number of amides is 1. The molecule has 3 rings (SSSR count). The van der Waals surface area contributed by atoms with E-state index in [1.54, 1.807) is 6.08 Å². The Morgan fingerprint density at radius 1 is 1.35 bits per heavy atom. The van der Waals surface area contributed by atoms with E-state index in [9.17, 15) is 13.2 Å². The molecule has 0 aliphatic heterocycles. The summed E-state index contributed by atoms with van der Waals surface area (Å²) in [5.41, 5.74) is 0.288. The highest BCUT2D eigenvalue weighted by Gasteiger charge is 2.36. The van der Waals surface area contributed by atoms with E-state index in [1.807, 2.05) is 12.1 Å². The number of rotatable bonds is 6. The maximum absolute atomic E-state index is 12.1. The van der Waals surface area contributed by atoms with Gasteiger partial charge in [0.05, 0.1) is 7.11 Å². The van der Waals surface area contributed by atoms with E-state index in [0.29, 0.717) is 17.6 Å². The van der Waals surface area contributed by atoms with Crippen LogP contribution < -0.4 is 15.2 Å². The van der Waals surface area contributed by atoms with Crippen molar-refractivity contribution in [1.29, 1.82) is 0 Å². The van der Waals surface area contributed by atoms with Crippen molar-refractivity contribution in [2.45, 2.75) is 24.2 Å². The Hall–Kier alpha value is -2.58. The predicted octanol–water partition coefficient (Wildman–Crippen LogP) is 2.71. The smallest absolute Gasteiger partial charge is 0.248 e. The van der Waals surface area contributed by atoms with Gasteiger partial charge < -0.3 is 14.5 Å². The summed E-state index contributed by atoms with van der Waals surface area (Å²) in [6.07, 6.45) is 4.01. The van der Waals surface area contributed by atoms with Gasteiger partial charge in [0, 0.05) is 17.7 Å². The summed E-state index contributed by atoms with van der Waals surface area (Å²) in [4.78, 5) is 11.9. The molecule has 0 bridgehead atoms. The van der Waals surface area contributed by atoms with Gasteiger partial charge >= 0.3 is 0 Å². The summed E-state index contributed by atoms with van der Waals surface area (Å²) in [5, 5.41) is 7.74. The van der Waals surface area contributed by atoms with Crippen molar-refractivity contribution in [3.05, 3.63) is 47.9 Å². The van der Waals surface area contributed by atoms with E-state index in [2.05, 4.69) is 12.2 Å². The average molecular weight is 376 g/mol. The Morgan fingerprint density at radius 3 is 2.69 bits per heavy atom. The van der Waals surface area contributed by atoms with E-state index in [-0.39, 0.29) is 16.3 Å². The highest BCUT2D eigenvalue weighted by atomic mass is 32.2. The van der Waals surface area contributed by atoms with Crippen molar-refractivity contribution < 1.29 is 22.4 Å². The molecule has 2 atom stereocenters. The summed E-state index contributed by atoms with van der Waals surface area (Å²) >= 11 is 0. The number of furan rings is 1. The fourth-order valence-electron chi connectivity index (χ4n) is 2.69. The van der Waals surface area contributed by atoms with Crippen molar-refractivity contribution >= 4 is 27.7 Å². The van der Waals surface area contributed by atoms with Crippen molar-refractivity contribution in [3.63, 3.8) is 0 Å². The van der Waals surface area contributed by atoms with Crippen LogP contribution >= 0.6 is 0 Å². The minimum atomic E-state index is -3.97. The minimum Gasteiger partial charge on any atom is -0.495 e. The van der Waals surface area contributed by atoms with Gasteiger partial charge in [-0.2, -0.15) is 0 Å². The summed E-state index contributed by atoms with van der Waals surface area (Å²) in [7, 11) is -2.63. The molecule has 26 heavy (non-hydrogen) atoms. The number of carbonyl (C=O) groups excluding carboxylic acids is 1. The number of nitrogens with two attached hydrogens (primary N) is 1. The van der Waals surface area contributed by atoms with E-state index >= 15 is 0 Å². The van der Waals surface area contributed by atoms with Crippen molar-refractivity contribution in [3.8, 4) is 5.75 Å². The fourth-order valence-corrected chi connectivity index (χ4v) is 3.42. The zero-order valence-corrected chi connectivity index (χ0v) is 15.2. The van der Waals surface area contributed by atoms with Gasteiger partial charge in [-0.25, -0.2) is 13.6 Å². The molecule has 1 heterocycles. The van der Waals surface area contributed by atoms with Crippen LogP contribution in [-0.2, 0) is 14.8 Å². The first kappa shape index (κ1) is 18.2. The van der Waals surface area contributed by atoms with Gasteiger partial charge in [0.1, 0.15) is 22.2 Å². The molecule has 1 aliphatic rings. The number of primary sulfonamides is 1. The van der Waals surface area contributed by atoms with Gasteiger partial charge in [0.15, 0.2) is 0 Å². The molecule has 8 heteroatoms. The molecule has 1 aromatic heterocycles. The van der Waals surface area contributed by atoms with Crippen molar-refractivity contribution in [2.75, 3.05) is 12.4 Å². The molecule has 0 saturated heterocycles. The van der Waals surface area contributed by atoms with Gasteiger partial charge in [0.25, 0.3) is 0 Å². The third-order valence-corrected chi connectivity index (χ3v) is 5.19. The number of anilines is 1. The number of hydrogen-bond acceptors (Lipinski definition) is 5. The molecule has 0 spiro atoms. The van der Waals surface area contributed by atoms with E-state index < -0.39 is 15.9 Å². The number of carbonyl (C=O) groups is 1. The number of benzene rings is 1. The third-order valence-electron chi connectivity index (χ3n) is 4.26. The van der Waals surface area contributed by atoms with E-state index in [0.717, 1.165) is 12.2 Å². The highest BCUT2D eigenvalue weighted by Crippen LogP contribution is 2.47. The molecule has 3 N–H and O–H groups in total. The maximum atomic E-state index is 12.1. The summed E-state index contributed by atoms with van der Waals surface area (Å²) < 4.78 is 33.9. The first-order valence-electron chi connectivity index (χ1n) is 8.07. The molecular weight excluding hydrogens is 356 g/mol. The van der Waals surface area contributed by atoms with Gasteiger partial charge in [0.2, 0.25) is 15.9 Å². The van der Waals surface area contributed by atoms with Crippen LogP contribution in [0.3, 0.4) is 0 Å². The maximum Gasteiger partial charge on any atom is 0.248 e. The number of hydrogen-bond donors (Lipinski definition) is 2. The first-order valence-corrected chi connectivity index (χ1v) is 9.62. The van der Waals surface area contributed by atoms with Crippen LogP contribution in [-0.4, -0.2) is 21.4 Å². The molecule has 138 valence electrons. The molecule has 2 unspecified atom stereocenters. The lowest BCUT2D eigenvalue weighted by molar-refractivity contribution is -0.111. The Morgan fingerprint density at radius 2 is 2.08 bits per heavy atom. The molecule has 1 saturated carbocycles. The lowest BCUT2D eigenvalue weighted by Crippen LogP contribution is -2.15. The molecule has 7 nitrogen and oxygen atoms in total. The van der Waals surface area contributed by atoms with Crippen LogP contribution in [0.15, 0.2) is 45.7 Å². The van der Waals surface area contributed by atoms with Gasteiger partial charge in [-0.15, -0.1) is 0 Å². The fraction of sp³-hybridized carbons (Fsp3) is 0.278. The zero-order chi connectivity index (χ0) is 18.9. The number of ether oxygens (including phenoxy) is 1. The summed E-state index contributed by atoms with van der Waals surface area (Å²) in [5.74, 6) is 2.33. The Balaban J connectivity index is 1.69. The molecule has 0 radical (unpaired) electrons.